The van der Waals surface area contributed by atoms with E-state index in [1.807, 2.05) is 36.4 Å². The molecule has 1 saturated heterocycles. The lowest BCUT2D eigenvalue weighted by molar-refractivity contribution is -0.119. The third kappa shape index (κ3) is 5.81. The number of nitrogens with zero attached hydrogens (tertiary/aromatic N) is 3. The van der Waals surface area contributed by atoms with Crippen LogP contribution < -0.4 is 20.6 Å². The Morgan fingerprint density at radius 3 is 2.68 bits per heavy atom. The molecule has 0 aliphatic carbocycles. The minimum Gasteiger partial charge on any atom is -0.497 e. The van der Waals surface area contributed by atoms with Gasteiger partial charge in [-0.1, -0.05) is 48.2 Å². The molecule has 1 aliphatic rings. The summed E-state index contributed by atoms with van der Waals surface area (Å²) in [6, 6.07) is 17.6. The quantitative estimate of drug-likeness (QED) is 0.334. The standard InChI is InChI=1S/C24H29N5O4S/c1-31-19-8-5-9-20(14-19)33-15-21-27-28-23(29(21)25)34-16-22(30)26-17-24(10-12-32-13-11-24)18-6-3-2-4-7-18/h2-9,14H,10-13,15-17,25H2,1H3,(H,26,30). The predicted molar refractivity (Wildman–Crippen MR) is 129 cm³/mol. The van der Waals surface area contributed by atoms with E-state index >= 15 is 0 Å². The first-order chi connectivity index (χ1) is 16.6. The van der Waals surface area contributed by atoms with Crippen LogP contribution in [0.2, 0.25) is 0 Å². The van der Waals surface area contributed by atoms with Crippen molar-refractivity contribution in [3.05, 3.63) is 66.0 Å². The Labute approximate surface area is 203 Å². The summed E-state index contributed by atoms with van der Waals surface area (Å²) in [6.07, 6.45) is 1.75. The highest BCUT2D eigenvalue weighted by Gasteiger charge is 2.34. The molecule has 180 valence electrons. The van der Waals surface area contributed by atoms with E-state index < -0.39 is 0 Å². The number of rotatable bonds is 10. The van der Waals surface area contributed by atoms with E-state index in [-0.39, 0.29) is 23.7 Å². The Kier molecular flexibility index (Phi) is 7.91. The molecule has 0 unspecified atom stereocenters. The van der Waals surface area contributed by atoms with Gasteiger partial charge in [0.2, 0.25) is 11.1 Å². The van der Waals surface area contributed by atoms with Crippen molar-refractivity contribution in [1.82, 2.24) is 20.2 Å². The van der Waals surface area contributed by atoms with Crippen molar-refractivity contribution in [3.63, 3.8) is 0 Å². The maximum atomic E-state index is 12.6. The fourth-order valence-electron chi connectivity index (χ4n) is 3.91. The molecular weight excluding hydrogens is 454 g/mol. The maximum absolute atomic E-state index is 12.6. The molecule has 2 aromatic carbocycles. The molecule has 3 aromatic rings. The van der Waals surface area contributed by atoms with Gasteiger partial charge in [0.1, 0.15) is 18.1 Å². The molecule has 10 heteroatoms. The highest BCUT2D eigenvalue weighted by molar-refractivity contribution is 7.99. The van der Waals surface area contributed by atoms with Gasteiger partial charge in [-0.05, 0) is 30.5 Å². The lowest BCUT2D eigenvalue weighted by Gasteiger charge is -2.38. The Hall–Kier alpha value is -3.24. The van der Waals surface area contributed by atoms with E-state index in [1.54, 1.807) is 13.2 Å². The maximum Gasteiger partial charge on any atom is 0.230 e. The molecule has 9 nitrogen and oxygen atoms in total. The lowest BCUT2D eigenvalue weighted by Crippen LogP contribution is -2.45. The molecule has 0 spiro atoms. The molecular formula is C24H29N5O4S. The smallest absolute Gasteiger partial charge is 0.230 e. The number of nitrogen functional groups attached to an aromatic ring is 1. The Balaban J connectivity index is 1.29. The van der Waals surface area contributed by atoms with E-state index in [4.69, 9.17) is 20.1 Å². The summed E-state index contributed by atoms with van der Waals surface area (Å²) in [6.45, 7) is 2.09. The third-order valence-corrected chi connectivity index (χ3v) is 6.88. The number of thioether (sulfide) groups is 1. The monoisotopic (exact) mass is 483 g/mol. The first kappa shape index (κ1) is 23.9. The first-order valence-corrected chi connectivity index (χ1v) is 12.1. The number of aromatic nitrogens is 3. The van der Waals surface area contributed by atoms with Crippen LogP contribution in [-0.4, -0.2) is 53.4 Å². The Morgan fingerprint density at radius 1 is 1.15 bits per heavy atom. The molecule has 1 aromatic heterocycles. The second-order valence-electron chi connectivity index (χ2n) is 8.06. The molecule has 34 heavy (non-hydrogen) atoms. The zero-order valence-electron chi connectivity index (χ0n) is 19.1. The molecule has 1 aliphatic heterocycles. The van der Waals surface area contributed by atoms with E-state index in [2.05, 4.69) is 27.6 Å². The van der Waals surface area contributed by atoms with Gasteiger partial charge in [0.25, 0.3) is 0 Å². The molecule has 0 bridgehead atoms. The number of benzene rings is 2. The van der Waals surface area contributed by atoms with Crippen molar-refractivity contribution >= 4 is 17.7 Å². The number of nitrogens with two attached hydrogens (primary N) is 1. The second-order valence-corrected chi connectivity index (χ2v) is 9.00. The van der Waals surface area contributed by atoms with Crippen LogP contribution in [0.3, 0.4) is 0 Å². The first-order valence-electron chi connectivity index (χ1n) is 11.1. The van der Waals surface area contributed by atoms with Gasteiger partial charge in [-0.15, -0.1) is 10.2 Å². The fourth-order valence-corrected chi connectivity index (χ4v) is 4.62. The van der Waals surface area contributed by atoms with E-state index in [9.17, 15) is 4.79 Å². The number of ether oxygens (including phenoxy) is 3. The van der Waals surface area contributed by atoms with Crippen LogP contribution >= 0.6 is 11.8 Å². The molecule has 0 atom stereocenters. The second kappa shape index (κ2) is 11.3. The summed E-state index contributed by atoms with van der Waals surface area (Å²) in [7, 11) is 1.60. The largest absolute Gasteiger partial charge is 0.497 e. The van der Waals surface area contributed by atoms with Crippen molar-refractivity contribution in [2.45, 2.75) is 30.0 Å². The summed E-state index contributed by atoms with van der Waals surface area (Å²) in [5.41, 5.74) is 1.12. The predicted octanol–water partition coefficient (Wildman–Crippen LogP) is 2.54. The van der Waals surface area contributed by atoms with Crippen LogP contribution in [0.5, 0.6) is 11.5 Å². The summed E-state index contributed by atoms with van der Waals surface area (Å²) >= 11 is 1.24. The van der Waals surface area contributed by atoms with Gasteiger partial charge >= 0.3 is 0 Å². The normalized spacial score (nSPS) is 15.0. The average molecular weight is 484 g/mol. The van der Waals surface area contributed by atoms with Crippen LogP contribution in [-0.2, 0) is 21.6 Å². The summed E-state index contributed by atoms with van der Waals surface area (Å²) < 4.78 is 17.8. The third-order valence-electron chi connectivity index (χ3n) is 5.94. The van der Waals surface area contributed by atoms with Crippen LogP contribution in [0.25, 0.3) is 0 Å². The van der Waals surface area contributed by atoms with Crippen molar-refractivity contribution < 1.29 is 19.0 Å². The number of methoxy groups -OCH3 is 1. The van der Waals surface area contributed by atoms with E-state index in [0.29, 0.717) is 42.2 Å². The molecule has 4 rings (SSSR count). The van der Waals surface area contributed by atoms with Gasteiger partial charge in [-0.25, -0.2) is 4.68 Å². The van der Waals surface area contributed by atoms with Gasteiger partial charge in [-0.3, -0.25) is 4.79 Å². The summed E-state index contributed by atoms with van der Waals surface area (Å²) in [5, 5.41) is 11.7. The fraction of sp³-hybridized carbons (Fsp3) is 0.375. The van der Waals surface area contributed by atoms with Crippen molar-refractivity contribution in [2.75, 3.05) is 38.5 Å². The minimum atomic E-state index is -0.113. The van der Waals surface area contributed by atoms with Gasteiger partial charge in [0.05, 0.1) is 12.9 Å². The zero-order chi connectivity index (χ0) is 23.8. The van der Waals surface area contributed by atoms with Crippen LogP contribution in [0.4, 0.5) is 0 Å². The Bertz CT molecular complexity index is 1090. The molecule has 2 heterocycles. The molecule has 0 saturated carbocycles. The number of carbonyl (C=O) groups is 1. The van der Waals surface area contributed by atoms with Crippen molar-refractivity contribution in [3.8, 4) is 11.5 Å². The average Bonchev–Trinajstić information content (AvgIpc) is 3.25. The van der Waals surface area contributed by atoms with Gasteiger partial charge in [0.15, 0.2) is 5.82 Å². The van der Waals surface area contributed by atoms with Gasteiger partial charge in [-0.2, -0.15) is 0 Å². The molecule has 1 amide bonds. The van der Waals surface area contributed by atoms with Crippen molar-refractivity contribution in [1.29, 1.82) is 0 Å². The number of carbonyl (C=O) groups excluding carboxylic acids is 1. The van der Waals surface area contributed by atoms with E-state index in [0.717, 1.165) is 12.8 Å². The highest BCUT2D eigenvalue weighted by atomic mass is 32.2. The molecule has 3 N–H and O–H groups in total. The number of nitrogens with one attached hydrogen (secondary N) is 1. The highest BCUT2D eigenvalue weighted by Crippen LogP contribution is 2.34. The van der Waals surface area contributed by atoms with E-state index in [1.165, 1.54) is 22.0 Å². The number of hydrogen-bond acceptors (Lipinski definition) is 8. The summed E-state index contributed by atoms with van der Waals surface area (Å²) in [5.74, 6) is 8.01. The molecule has 0 radical (unpaired) electrons. The van der Waals surface area contributed by atoms with Crippen LogP contribution in [0, 0.1) is 0 Å². The van der Waals surface area contributed by atoms with Crippen LogP contribution in [0.15, 0.2) is 59.8 Å². The molecule has 1 fully saturated rings. The van der Waals surface area contributed by atoms with Gasteiger partial charge < -0.3 is 25.4 Å². The minimum absolute atomic E-state index is 0.0796. The SMILES string of the molecule is COc1cccc(OCc2nnc(SCC(=O)NCC3(c4ccccc4)CCOCC3)n2N)c1. The van der Waals surface area contributed by atoms with Crippen LogP contribution in [0.1, 0.15) is 24.2 Å². The number of amides is 1. The lowest BCUT2D eigenvalue weighted by atomic mass is 9.74. The number of hydrogen-bond donors (Lipinski definition) is 2. The van der Waals surface area contributed by atoms with Gasteiger partial charge in [0, 0.05) is 31.2 Å². The van der Waals surface area contributed by atoms with Crippen molar-refractivity contribution in [2.24, 2.45) is 0 Å². The Morgan fingerprint density at radius 2 is 1.91 bits per heavy atom. The summed E-state index contributed by atoms with van der Waals surface area (Å²) in [4.78, 5) is 12.6. The zero-order valence-corrected chi connectivity index (χ0v) is 19.9. The topological polar surface area (TPSA) is 114 Å².